The molecule has 0 unspecified atom stereocenters. The summed E-state index contributed by atoms with van der Waals surface area (Å²) in [6, 6.07) is 18.8. The minimum Gasteiger partial charge on any atom is -0.444 e. The van der Waals surface area contributed by atoms with Crippen molar-refractivity contribution in [2.45, 2.75) is 31.9 Å². The maximum absolute atomic E-state index is 13.5. The predicted octanol–water partition coefficient (Wildman–Crippen LogP) is 6.52. The van der Waals surface area contributed by atoms with Crippen molar-refractivity contribution in [3.63, 3.8) is 0 Å². The van der Waals surface area contributed by atoms with E-state index in [0.717, 1.165) is 35.2 Å². The molecule has 5 aromatic rings. The number of anilines is 2. The van der Waals surface area contributed by atoms with Crippen LogP contribution in [0.1, 0.15) is 40.5 Å². The zero-order chi connectivity index (χ0) is 31.8. The Morgan fingerprint density at radius 2 is 2.00 bits per heavy atom. The standard InChI is InChI=1S/C34H32N6O5S/c1-3-30(41)39-14-13-34(20-39)16-24(17-34)40-26-10-9-23(38(2)33(43)44-19-22-7-5-4-6-8-22)15-25(26)36-32(40)37-31(42)29-12-11-28(46-29)27-18-35-21-45-27/h3-12,15,18,21,24H,1,13-14,16-17,19-20H2,2H3,(H,36,37,42). The van der Waals surface area contributed by atoms with Crippen LogP contribution in [0.25, 0.3) is 21.7 Å². The van der Waals surface area contributed by atoms with Gasteiger partial charge in [0, 0.05) is 31.9 Å². The molecule has 1 spiro atoms. The van der Waals surface area contributed by atoms with Gasteiger partial charge in [0.1, 0.15) is 6.61 Å². The summed E-state index contributed by atoms with van der Waals surface area (Å²) >= 11 is 1.31. The van der Waals surface area contributed by atoms with Crippen LogP contribution in [0.3, 0.4) is 0 Å². The second kappa shape index (κ2) is 11.9. The molecule has 1 aliphatic carbocycles. The fraction of sp³-hybridized carbons (Fsp3) is 0.265. The lowest BCUT2D eigenvalue weighted by molar-refractivity contribution is -0.125. The average molecular weight is 637 g/mol. The Morgan fingerprint density at radius 1 is 1.17 bits per heavy atom. The number of nitrogens with one attached hydrogen (secondary N) is 1. The summed E-state index contributed by atoms with van der Waals surface area (Å²) in [5.41, 5.74) is 3.02. The second-order valence-electron chi connectivity index (χ2n) is 11.8. The van der Waals surface area contributed by atoms with Gasteiger partial charge < -0.3 is 18.6 Å². The monoisotopic (exact) mass is 636 g/mol. The number of carbonyl (C=O) groups is 3. The molecule has 1 N–H and O–H groups in total. The lowest BCUT2D eigenvalue weighted by Crippen LogP contribution is -2.42. The van der Waals surface area contributed by atoms with Crippen molar-refractivity contribution >= 4 is 51.9 Å². The number of nitrogens with zero attached hydrogens (tertiary/aromatic N) is 5. The Morgan fingerprint density at radius 3 is 2.76 bits per heavy atom. The molecule has 12 heteroatoms. The highest BCUT2D eigenvalue weighted by molar-refractivity contribution is 7.17. The molecule has 1 saturated carbocycles. The molecule has 3 aromatic heterocycles. The van der Waals surface area contributed by atoms with Crippen LogP contribution in [-0.4, -0.2) is 57.5 Å². The van der Waals surface area contributed by atoms with E-state index in [-0.39, 0.29) is 29.9 Å². The van der Waals surface area contributed by atoms with Gasteiger partial charge in [-0.1, -0.05) is 36.9 Å². The van der Waals surface area contributed by atoms with Crippen molar-refractivity contribution in [2.75, 3.05) is 30.4 Å². The Hall–Kier alpha value is -5.23. The van der Waals surface area contributed by atoms with Crippen molar-refractivity contribution in [1.82, 2.24) is 19.4 Å². The molecule has 0 radical (unpaired) electrons. The van der Waals surface area contributed by atoms with Gasteiger partial charge in [-0.05, 0) is 66.6 Å². The summed E-state index contributed by atoms with van der Waals surface area (Å²) in [5, 5.41) is 3.04. The molecule has 2 aliphatic rings. The SMILES string of the molecule is C=CC(=O)N1CCC2(CC(n3c(NC(=O)c4ccc(-c5cnco5)s4)nc4cc(N(C)C(=O)OCc5ccccc5)ccc43)C2)C1. The lowest BCUT2D eigenvalue weighted by Gasteiger charge is -2.46. The average Bonchev–Trinajstić information content (AvgIpc) is 3.88. The smallest absolute Gasteiger partial charge is 0.414 e. The van der Waals surface area contributed by atoms with E-state index in [2.05, 4.69) is 21.4 Å². The number of aromatic nitrogens is 3. The fourth-order valence-electron chi connectivity index (χ4n) is 6.48. The van der Waals surface area contributed by atoms with Crippen molar-refractivity contribution < 1.29 is 23.5 Å². The summed E-state index contributed by atoms with van der Waals surface area (Å²) in [6.07, 6.45) is 6.48. The van der Waals surface area contributed by atoms with Crippen molar-refractivity contribution in [3.8, 4) is 10.6 Å². The van der Waals surface area contributed by atoms with Crippen molar-refractivity contribution in [1.29, 1.82) is 0 Å². The van der Waals surface area contributed by atoms with E-state index in [4.69, 9.17) is 14.1 Å². The minimum absolute atomic E-state index is 0.0314. The first-order valence-corrected chi connectivity index (χ1v) is 15.8. The summed E-state index contributed by atoms with van der Waals surface area (Å²) in [4.78, 5) is 52.1. The molecule has 1 aliphatic heterocycles. The van der Waals surface area contributed by atoms with E-state index in [0.29, 0.717) is 40.9 Å². The lowest BCUT2D eigenvalue weighted by atomic mass is 9.65. The van der Waals surface area contributed by atoms with Gasteiger partial charge in [0.15, 0.2) is 12.2 Å². The Kier molecular flexibility index (Phi) is 7.65. The molecule has 46 heavy (non-hydrogen) atoms. The quantitative estimate of drug-likeness (QED) is 0.193. The van der Waals surface area contributed by atoms with E-state index in [1.54, 1.807) is 19.3 Å². The number of imidazole rings is 1. The highest BCUT2D eigenvalue weighted by Crippen LogP contribution is 2.55. The number of likely N-dealkylation sites (tertiary alicyclic amines) is 1. The van der Waals surface area contributed by atoms with Crippen LogP contribution in [0.15, 0.2) is 90.3 Å². The number of rotatable bonds is 8. The molecule has 0 atom stereocenters. The van der Waals surface area contributed by atoms with Crippen LogP contribution in [0, 0.1) is 5.41 Å². The first kappa shape index (κ1) is 29.5. The van der Waals surface area contributed by atoms with E-state index in [1.807, 2.05) is 59.5 Å². The first-order valence-electron chi connectivity index (χ1n) is 15.0. The molecule has 234 valence electrons. The van der Waals surface area contributed by atoms with Crippen LogP contribution in [0.2, 0.25) is 0 Å². The number of amides is 3. The molecule has 4 heterocycles. The number of carbonyl (C=O) groups excluding carboxylic acids is 3. The molecule has 2 fully saturated rings. The molecule has 0 bridgehead atoms. The van der Waals surface area contributed by atoms with Crippen LogP contribution in [0.5, 0.6) is 0 Å². The van der Waals surface area contributed by atoms with Crippen molar-refractivity contribution in [2.24, 2.45) is 5.41 Å². The van der Waals surface area contributed by atoms with E-state index in [9.17, 15) is 14.4 Å². The predicted molar refractivity (Wildman–Crippen MR) is 175 cm³/mol. The third kappa shape index (κ3) is 5.56. The Balaban J connectivity index is 1.15. The zero-order valence-electron chi connectivity index (χ0n) is 25.2. The number of oxazole rings is 1. The van der Waals surface area contributed by atoms with E-state index >= 15 is 0 Å². The van der Waals surface area contributed by atoms with Gasteiger partial charge in [0.2, 0.25) is 11.9 Å². The minimum atomic E-state index is -0.489. The van der Waals surface area contributed by atoms with Crippen LogP contribution >= 0.6 is 11.3 Å². The topological polar surface area (TPSA) is 123 Å². The molecule has 3 amide bonds. The number of fused-ring (bicyclic) bond motifs is 1. The number of thiophene rings is 1. The van der Waals surface area contributed by atoms with E-state index in [1.165, 1.54) is 28.7 Å². The highest BCUT2D eigenvalue weighted by Gasteiger charge is 2.50. The number of hydrogen-bond donors (Lipinski definition) is 1. The highest BCUT2D eigenvalue weighted by atomic mass is 32.1. The van der Waals surface area contributed by atoms with Gasteiger partial charge in [0.25, 0.3) is 5.91 Å². The Bertz CT molecular complexity index is 1930. The molecule has 2 aromatic carbocycles. The largest absolute Gasteiger partial charge is 0.444 e. The van der Waals surface area contributed by atoms with Crippen LogP contribution in [-0.2, 0) is 16.1 Å². The second-order valence-corrected chi connectivity index (χ2v) is 12.9. The van der Waals surface area contributed by atoms with Gasteiger partial charge in [-0.15, -0.1) is 11.3 Å². The van der Waals surface area contributed by atoms with Gasteiger partial charge >= 0.3 is 6.09 Å². The molecular formula is C34H32N6O5S. The molecule has 11 nitrogen and oxygen atoms in total. The van der Waals surface area contributed by atoms with E-state index < -0.39 is 6.09 Å². The van der Waals surface area contributed by atoms with Gasteiger partial charge in [-0.25, -0.2) is 14.8 Å². The molecule has 1 saturated heterocycles. The Labute approximate surface area is 269 Å². The zero-order valence-corrected chi connectivity index (χ0v) is 26.0. The third-order valence-corrected chi connectivity index (χ3v) is 10.00. The molecular weight excluding hydrogens is 604 g/mol. The number of ether oxygens (including phenoxy) is 1. The summed E-state index contributed by atoms with van der Waals surface area (Å²) in [6.45, 7) is 5.21. The van der Waals surface area contributed by atoms with Gasteiger partial charge in [0.05, 0.1) is 27.0 Å². The first-order chi connectivity index (χ1) is 22.3. The number of benzene rings is 2. The van der Waals surface area contributed by atoms with Gasteiger partial charge in [-0.3, -0.25) is 19.8 Å². The normalized spacial score (nSPS) is 18.8. The van der Waals surface area contributed by atoms with Crippen LogP contribution < -0.4 is 10.2 Å². The van der Waals surface area contributed by atoms with Crippen LogP contribution in [0.4, 0.5) is 16.4 Å². The summed E-state index contributed by atoms with van der Waals surface area (Å²) < 4.78 is 13.0. The van der Waals surface area contributed by atoms with Gasteiger partial charge in [-0.2, -0.15) is 0 Å². The maximum Gasteiger partial charge on any atom is 0.414 e. The van der Waals surface area contributed by atoms with Crippen molar-refractivity contribution in [3.05, 3.63) is 96.3 Å². The number of hydrogen-bond acceptors (Lipinski definition) is 8. The maximum atomic E-state index is 13.5. The third-order valence-electron chi connectivity index (χ3n) is 8.90. The molecule has 7 rings (SSSR count). The summed E-state index contributed by atoms with van der Waals surface area (Å²) in [5.74, 6) is 0.696. The fourth-order valence-corrected chi connectivity index (χ4v) is 7.33. The summed E-state index contributed by atoms with van der Waals surface area (Å²) in [7, 11) is 1.66.